The average molecular weight is 346 g/mol. The number of benzene rings is 2. The van der Waals surface area contributed by atoms with Crippen molar-refractivity contribution in [2.45, 2.75) is 38.8 Å². The van der Waals surface area contributed by atoms with Crippen LogP contribution < -0.4 is 5.32 Å². The molecule has 1 aliphatic heterocycles. The fraction of sp³-hybridized carbons (Fsp3) is 0.364. The standard InChI is InChI=1S/C22H26N4/c1-2-4-12-26(11-3-1)16-19-7-5-18(6-8-19)14-24-21-10-9-20-15-23-17-25-22(20)13-21/h5-10,13,15,17,24H,1-4,11-12,14,16H2. The Bertz CT molecular complexity index is 836. The van der Waals surface area contributed by atoms with Crippen LogP contribution in [0.4, 0.5) is 5.69 Å². The molecular formula is C22H26N4. The van der Waals surface area contributed by atoms with Gasteiger partial charge in [-0.2, -0.15) is 0 Å². The van der Waals surface area contributed by atoms with Gasteiger partial charge in [-0.05, 0) is 55.3 Å². The molecule has 1 aliphatic rings. The molecule has 0 aliphatic carbocycles. The molecule has 1 fully saturated rings. The summed E-state index contributed by atoms with van der Waals surface area (Å²) in [6.45, 7) is 4.39. The van der Waals surface area contributed by atoms with E-state index in [-0.39, 0.29) is 0 Å². The molecule has 1 saturated heterocycles. The first-order valence-electron chi connectivity index (χ1n) is 9.61. The lowest BCUT2D eigenvalue weighted by molar-refractivity contribution is 0.277. The molecule has 26 heavy (non-hydrogen) atoms. The topological polar surface area (TPSA) is 41.1 Å². The summed E-state index contributed by atoms with van der Waals surface area (Å²) in [5, 5.41) is 4.56. The summed E-state index contributed by atoms with van der Waals surface area (Å²) in [7, 11) is 0. The van der Waals surface area contributed by atoms with Gasteiger partial charge in [0.2, 0.25) is 0 Å². The van der Waals surface area contributed by atoms with Crippen molar-refractivity contribution < 1.29 is 0 Å². The SMILES string of the molecule is c1ncc2ccc(NCc3ccc(CN4CCCCCC4)cc3)cc2n1. The van der Waals surface area contributed by atoms with E-state index in [9.17, 15) is 0 Å². The van der Waals surface area contributed by atoms with Crippen molar-refractivity contribution in [3.8, 4) is 0 Å². The molecule has 4 heteroatoms. The van der Waals surface area contributed by atoms with Crippen molar-refractivity contribution in [1.29, 1.82) is 0 Å². The Morgan fingerprint density at radius 3 is 2.46 bits per heavy atom. The molecule has 1 aromatic heterocycles. The minimum absolute atomic E-state index is 0.820. The Morgan fingerprint density at radius 2 is 1.65 bits per heavy atom. The molecule has 0 radical (unpaired) electrons. The van der Waals surface area contributed by atoms with Gasteiger partial charge in [-0.25, -0.2) is 9.97 Å². The number of hydrogen-bond acceptors (Lipinski definition) is 4. The number of fused-ring (bicyclic) bond motifs is 1. The van der Waals surface area contributed by atoms with Gasteiger partial charge in [0.1, 0.15) is 6.33 Å². The quantitative estimate of drug-likeness (QED) is 0.732. The van der Waals surface area contributed by atoms with Gasteiger partial charge in [0.15, 0.2) is 0 Å². The van der Waals surface area contributed by atoms with E-state index in [4.69, 9.17) is 0 Å². The van der Waals surface area contributed by atoms with Gasteiger partial charge < -0.3 is 5.32 Å². The lowest BCUT2D eigenvalue weighted by Crippen LogP contribution is -2.23. The highest BCUT2D eigenvalue weighted by Gasteiger charge is 2.09. The van der Waals surface area contributed by atoms with Crippen molar-refractivity contribution in [3.63, 3.8) is 0 Å². The summed E-state index contributed by atoms with van der Waals surface area (Å²) in [6.07, 6.45) is 8.91. The van der Waals surface area contributed by atoms with Crippen LogP contribution in [0.2, 0.25) is 0 Å². The van der Waals surface area contributed by atoms with Crippen LogP contribution in [0.25, 0.3) is 10.9 Å². The Labute approximate surface area is 155 Å². The molecule has 4 rings (SSSR count). The van der Waals surface area contributed by atoms with Crippen molar-refractivity contribution >= 4 is 16.6 Å². The van der Waals surface area contributed by atoms with Crippen molar-refractivity contribution in [2.24, 2.45) is 0 Å². The first kappa shape index (κ1) is 17.0. The smallest absolute Gasteiger partial charge is 0.116 e. The third-order valence-electron chi connectivity index (χ3n) is 5.13. The van der Waals surface area contributed by atoms with Gasteiger partial charge in [-0.1, -0.05) is 37.1 Å². The number of aromatic nitrogens is 2. The molecule has 134 valence electrons. The second-order valence-corrected chi connectivity index (χ2v) is 7.16. The highest BCUT2D eigenvalue weighted by atomic mass is 15.1. The van der Waals surface area contributed by atoms with Crippen LogP contribution in [0.15, 0.2) is 55.0 Å². The van der Waals surface area contributed by atoms with Gasteiger partial charge in [0.25, 0.3) is 0 Å². The first-order valence-corrected chi connectivity index (χ1v) is 9.61. The Hall–Kier alpha value is -2.46. The minimum Gasteiger partial charge on any atom is -0.381 e. The molecule has 0 atom stereocenters. The van der Waals surface area contributed by atoms with Crippen molar-refractivity contribution in [3.05, 3.63) is 66.1 Å². The van der Waals surface area contributed by atoms with Crippen LogP contribution in [0.5, 0.6) is 0 Å². The lowest BCUT2D eigenvalue weighted by Gasteiger charge is -2.19. The van der Waals surface area contributed by atoms with E-state index < -0.39 is 0 Å². The molecule has 0 unspecified atom stereocenters. The summed E-state index contributed by atoms with van der Waals surface area (Å²) >= 11 is 0. The summed E-state index contributed by atoms with van der Waals surface area (Å²) in [6, 6.07) is 15.2. The van der Waals surface area contributed by atoms with Crippen LogP contribution in [-0.2, 0) is 13.1 Å². The predicted octanol–water partition coefficient (Wildman–Crippen LogP) is 4.62. The summed E-state index contributed by atoms with van der Waals surface area (Å²) in [5.41, 5.74) is 4.77. The number of anilines is 1. The molecule has 3 aromatic rings. The Morgan fingerprint density at radius 1 is 0.885 bits per heavy atom. The molecule has 0 bridgehead atoms. The molecule has 0 saturated carbocycles. The zero-order valence-electron chi connectivity index (χ0n) is 15.2. The summed E-state index contributed by atoms with van der Waals surface area (Å²) in [5.74, 6) is 0. The minimum atomic E-state index is 0.820. The summed E-state index contributed by atoms with van der Waals surface area (Å²) < 4.78 is 0. The molecule has 0 amide bonds. The number of nitrogens with zero attached hydrogens (tertiary/aromatic N) is 3. The maximum Gasteiger partial charge on any atom is 0.116 e. The maximum absolute atomic E-state index is 4.31. The van der Waals surface area contributed by atoms with E-state index in [1.807, 2.05) is 6.20 Å². The van der Waals surface area contributed by atoms with Crippen molar-refractivity contribution in [2.75, 3.05) is 18.4 Å². The van der Waals surface area contributed by atoms with E-state index in [0.29, 0.717) is 0 Å². The lowest BCUT2D eigenvalue weighted by atomic mass is 10.1. The van der Waals surface area contributed by atoms with Crippen molar-refractivity contribution in [1.82, 2.24) is 14.9 Å². The number of rotatable bonds is 5. The van der Waals surface area contributed by atoms with Crippen LogP contribution in [0.1, 0.15) is 36.8 Å². The normalized spacial score (nSPS) is 15.7. The van der Waals surface area contributed by atoms with Gasteiger partial charge in [-0.15, -0.1) is 0 Å². The van der Waals surface area contributed by atoms with E-state index in [2.05, 4.69) is 62.6 Å². The highest BCUT2D eigenvalue weighted by Crippen LogP contribution is 2.18. The van der Waals surface area contributed by atoms with E-state index in [1.165, 1.54) is 49.9 Å². The summed E-state index contributed by atoms with van der Waals surface area (Å²) in [4.78, 5) is 11.0. The fourth-order valence-corrected chi connectivity index (χ4v) is 3.60. The monoisotopic (exact) mass is 346 g/mol. The third-order valence-corrected chi connectivity index (χ3v) is 5.13. The van der Waals surface area contributed by atoms with Crippen LogP contribution in [0, 0.1) is 0 Å². The zero-order valence-corrected chi connectivity index (χ0v) is 15.2. The zero-order chi connectivity index (χ0) is 17.6. The largest absolute Gasteiger partial charge is 0.381 e. The fourth-order valence-electron chi connectivity index (χ4n) is 3.60. The van der Waals surface area contributed by atoms with E-state index >= 15 is 0 Å². The Kier molecular flexibility index (Phi) is 5.41. The van der Waals surface area contributed by atoms with Gasteiger partial charge >= 0.3 is 0 Å². The van der Waals surface area contributed by atoms with Gasteiger partial charge in [0.05, 0.1) is 5.52 Å². The highest BCUT2D eigenvalue weighted by molar-refractivity contribution is 5.81. The first-order chi connectivity index (χ1) is 12.9. The average Bonchev–Trinajstić information content (AvgIpc) is 2.96. The number of hydrogen-bond donors (Lipinski definition) is 1. The van der Waals surface area contributed by atoms with E-state index in [1.54, 1.807) is 6.33 Å². The Balaban J connectivity index is 1.34. The van der Waals surface area contributed by atoms with Crippen LogP contribution in [-0.4, -0.2) is 28.0 Å². The number of nitrogens with one attached hydrogen (secondary N) is 1. The third kappa shape index (κ3) is 4.38. The van der Waals surface area contributed by atoms with Crippen LogP contribution >= 0.6 is 0 Å². The molecule has 0 spiro atoms. The molecule has 2 heterocycles. The molecule has 1 N–H and O–H groups in total. The van der Waals surface area contributed by atoms with E-state index in [0.717, 1.165) is 29.7 Å². The van der Waals surface area contributed by atoms with Crippen LogP contribution in [0.3, 0.4) is 0 Å². The maximum atomic E-state index is 4.31. The second kappa shape index (κ2) is 8.28. The number of likely N-dealkylation sites (tertiary alicyclic amines) is 1. The molecule has 2 aromatic carbocycles. The second-order valence-electron chi connectivity index (χ2n) is 7.16. The molecular weight excluding hydrogens is 320 g/mol. The predicted molar refractivity (Wildman–Crippen MR) is 107 cm³/mol. The van der Waals surface area contributed by atoms with Gasteiger partial charge in [-0.3, -0.25) is 4.90 Å². The molecule has 4 nitrogen and oxygen atoms in total. The van der Waals surface area contributed by atoms with Gasteiger partial charge in [0, 0.05) is 30.4 Å².